The average Bonchev–Trinajstić information content (AvgIpc) is 2.49. The number of halogens is 2. The van der Waals surface area contributed by atoms with Gasteiger partial charge in [-0.25, -0.2) is 9.18 Å². The van der Waals surface area contributed by atoms with Crippen LogP contribution in [0.2, 0.25) is 5.02 Å². The zero-order valence-corrected chi connectivity index (χ0v) is 11.6. The van der Waals surface area contributed by atoms with Crippen molar-refractivity contribution in [3.8, 4) is 0 Å². The van der Waals surface area contributed by atoms with Gasteiger partial charge in [0, 0.05) is 5.69 Å². The predicted molar refractivity (Wildman–Crippen MR) is 76.8 cm³/mol. The van der Waals surface area contributed by atoms with Gasteiger partial charge in [0.25, 0.3) is 5.91 Å². The third-order valence-corrected chi connectivity index (χ3v) is 2.84. The summed E-state index contributed by atoms with van der Waals surface area (Å²) >= 11 is 5.59. The molecule has 2 rings (SSSR count). The number of hydrogen-bond donors (Lipinski definition) is 1. The van der Waals surface area contributed by atoms with Crippen molar-refractivity contribution in [1.82, 2.24) is 0 Å². The van der Waals surface area contributed by atoms with Gasteiger partial charge in [-0.2, -0.15) is 0 Å². The average molecular weight is 308 g/mol. The molecule has 0 spiro atoms. The molecule has 0 aliphatic carbocycles. The molecule has 0 atom stereocenters. The molecule has 0 saturated heterocycles. The minimum atomic E-state index is -0.595. The van der Waals surface area contributed by atoms with Crippen LogP contribution in [0.25, 0.3) is 0 Å². The van der Waals surface area contributed by atoms with E-state index in [4.69, 9.17) is 16.3 Å². The third-order valence-electron chi connectivity index (χ3n) is 2.55. The lowest BCUT2D eigenvalue weighted by atomic mass is 10.2. The van der Waals surface area contributed by atoms with E-state index < -0.39 is 24.3 Å². The quantitative estimate of drug-likeness (QED) is 0.882. The molecule has 21 heavy (non-hydrogen) atoms. The Hall–Kier alpha value is -2.40. The second-order valence-corrected chi connectivity index (χ2v) is 4.53. The fraction of sp³-hybridized carbons (Fsp3) is 0.0667. The van der Waals surface area contributed by atoms with Crippen LogP contribution in [0.5, 0.6) is 0 Å². The second-order valence-electron chi connectivity index (χ2n) is 4.12. The number of nitrogens with one attached hydrogen (secondary N) is 1. The molecule has 0 heterocycles. The molecule has 2 aromatic carbocycles. The third kappa shape index (κ3) is 4.29. The first-order valence-electron chi connectivity index (χ1n) is 6.03. The molecule has 0 saturated carbocycles. The first-order chi connectivity index (χ1) is 10.1. The Morgan fingerprint density at radius 3 is 2.52 bits per heavy atom. The van der Waals surface area contributed by atoms with E-state index in [1.807, 2.05) is 0 Å². The molecular formula is C15H11ClFNO3. The zero-order valence-electron chi connectivity index (χ0n) is 10.8. The summed E-state index contributed by atoms with van der Waals surface area (Å²) in [5, 5.41) is 2.35. The Kier molecular flexibility index (Phi) is 4.90. The monoisotopic (exact) mass is 307 g/mol. The summed E-state index contributed by atoms with van der Waals surface area (Å²) in [6, 6.07) is 12.1. The van der Waals surface area contributed by atoms with Crippen LogP contribution in [0.1, 0.15) is 10.4 Å². The summed E-state index contributed by atoms with van der Waals surface area (Å²) < 4.78 is 17.8. The lowest BCUT2D eigenvalue weighted by molar-refractivity contribution is -0.119. The Balaban J connectivity index is 1.87. The van der Waals surface area contributed by atoms with Crippen LogP contribution < -0.4 is 5.32 Å². The summed E-state index contributed by atoms with van der Waals surface area (Å²) in [5.41, 5.74) is 0.678. The SMILES string of the molecule is O=C(COC(=O)c1ccccc1)Nc1ccc(F)c(Cl)c1. The van der Waals surface area contributed by atoms with Gasteiger partial charge in [-0.05, 0) is 30.3 Å². The topological polar surface area (TPSA) is 55.4 Å². The minimum absolute atomic E-state index is 0.103. The Morgan fingerprint density at radius 2 is 1.86 bits per heavy atom. The van der Waals surface area contributed by atoms with Gasteiger partial charge in [0.05, 0.1) is 10.6 Å². The number of anilines is 1. The summed E-state index contributed by atoms with van der Waals surface area (Å²) in [7, 11) is 0. The first kappa shape index (κ1) is 15.0. The van der Waals surface area contributed by atoms with Crippen molar-refractivity contribution in [2.24, 2.45) is 0 Å². The minimum Gasteiger partial charge on any atom is -0.452 e. The van der Waals surface area contributed by atoms with Crippen LogP contribution in [-0.4, -0.2) is 18.5 Å². The van der Waals surface area contributed by atoms with Crippen molar-refractivity contribution < 1.29 is 18.7 Å². The Labute approximate surface area is 125 Å². The normalized spacial score (nSPS) is 10.0. The number of ether oxygens (including phenoxy) is 1. The van der Waals surface area contributed by atoms with Crippen molar-refractivity contribution in [2.75, 3.05) is 11.9 Å². The molecule has 6 heteroatoms. The number of carbonyl (C=O) groups excluding carboxylic acids is 2. The first-order valence-corrected chi connectivity index (χ1v) is 6.41. The van der Waals surface area contributed by atoms with Crippen LogP contribution in [0.15, 0.2) is 48.5 Å². The van der Waals surface area contributed by atoms with Crippen molar-refractivity contribution in [3.05, 3.63) is 64.9 Å². The van der Waals surface area contributed by atoms with Crippen LogP contribution in [0.3, 0.4) is 0 Å². The molecule has 0 unspecified atom stereocenters. The van der Waals surface area contributed by atoms with E-state index in [1.54, 1.807) is 30.3 Å². The van der Waals surface area contributed by atoms with Crippen molar-refractivity contribution in [3.63, 3.8) is 0 Å². The second kappa shape index (κ2) is 6.85. The van der Waals surface area contributed by atoms with Gasteiger partial charge in [0.15, 0.2) is 6.61 Å². The van der Waals surface area contributed by atoms with E-state index in [1.165, 1.54) is 12.1 Å². The maximum absolute atomic E-state index is 13.0. The summed E-state index contributed by atoms with van der Waals surface area (Å²) in [4.78, 5) is 23.2. The number of hydrogen-bond acceptors (Lipinski definition) is 3. The lowest BCUT2D eigenvalue weighted by Gasteiger charge is -2.07. The smallest absolute Gasteiger partial charge is 0.338 e. The fourth-order valence-electron chi connectivity index (χ4n) is 1.56. The molecule has 0 fully saturated rings. The maximum atomic E-state index is 13.0. The van der Waals surface area contributed by atoms with Gasteiger partial charge in [-0.1, -0.05) is 29.8 Å². The molecule has 108 valence electrons. The standard InChI is InChI=1S/C15H11ClFNO3/c16-12-8-11(6-7-13(12)17)18-14(19)9-21-15(20)10-4-2-1-3-5-10/h1-8H,9H2,(H,18,19). The highest BCUT2D eigenvalue weighted by atomic mass is 35.5. The molecule has 0 aromatic heterocycles. The number of rotatable bonds is 4. The number of carbonyl (C=O) groups is 2. The van der Waals surface area contributed by atoms with Gasteiger partial charge in [-0.3, -0.25) is 4.79 Å². The van der Waals surface area contributed by atoms with E-state index >= 15 is 0 Å². The Bertz CT molecular complexity index is 661. The van der Waals surface area contributed by atoms with E-state index in [-0.39, 0.29) is 5.02 Å². The van der Waals surface area contributed by atoms with Crippen LogP contribution >= 0.6 is 11.6 Å². The maximum Gasteiger partial charge on any atom is 0.338 e. The molecule has 2 aromatic rings. The van der Waals surface area contributed by atoms with E-state index in [0.29, 0.717) is 11.3 Å². The largest absolute Gasteiger partial charge is 0.452 e. The molecule has 0 radical (unpaired) electrons. The van der Waals surface area contributed by atoms with Gasteiger partial charge < -0.3 is 10.1 Å². The van der Waals surface area contributed by atoms with Crippen molar-refractivity contribution in [1.29, 1.82) is 0 Å². The molecule has 0 bridgehead atoms. The Morgan fingerprint density at radius 1 is 1.14 bits per heavy atom. The van der Waals surface area contributed by atoms with E-state index in [9.17, 15) is 14.0 Å². The fourth-order valence-corrected chi connectivity index (χ4v) is 1.74. The van der Waals surface area contributed by atoms with Gasteiger partial charge in [-0.15, -0.1) is 0 Å². The van der Waals surface area contributed by atoms with Gasteiger partial charge in [0.2, 0.25) is 0 Å². The lowest BCUT2D eigenvalue weighted by Crippen LogP contribution is -2.20. The summed E-state index contributed by atoms with van der Waals surface area (Å²) in [6.07, 6.45) is 0. The highest BCUT2D eigenvalue weighted by molar-refractivity contribution is 6.31. The van der Waals surface area contributed by atoms with Crippen LogP contribution in [0.4, 0.5) is 10.1 Å². The molecule has 4 nitrogen and oxygen atoms in total. The van der Waals surface area contributed by atoms with Gasteiger partial charge in [0.1, 0.15) is 5.82 Å². The molecular weight excluding hydrogens is 297 g/mol. The summed E-state index contributed by atoms with van der Waals surface area (Å²) in [5.74, 6) is -1.71. The number of benzene rings is 2. The number of esters is 1. The summed E-state index contributed by atoms with van der Waals surface area (Å²) in [6.45, 7) is -0.442. The van der Waals surface area contributed by atoms with Crippen LogP contribution in [0, 0.1) is 5.82 Å². The highest BCUT2D eigenvalue weighted by Crippen LogP contribution is 2.19. The molecule has 0 aliphatic rings. The molecule has 1 amide bonds. The van der Waals surface area contributed by atoms with E-state index in [0.717, 1.165) is 6.07 Å². The van der Waals surface area contributed by atoms with E-state index in [2.05, 4.69) is 5.32 Å². The molecule has 0 aliphatic heterocycles. The molecule has 1 N–H and O–H groups in total. The predicted octanol–water partition coefficient (Wildman–Crippen LogP) is 3.27. The van der Waals surface area contributed by atoms with Crippen LogP contribution in [-0.2, 0) is 9.53 Å². The number of amides is 1. The van der Waals surface area contributed by atoms with Crippen molar-refractivity contribution in [2.45, 2.75) is 0 Å². The highest BCUT2D eigenvalue weighted by Gasteiger charge is 2.10. The zero-order chi connectivity index (χ0) is 15.2. The van der Waals surface area contributed by atoms with Gasteiger partial charge >= 0.3 is 5.97 Å². The van der Waals surface area contributed by atoms with Crippen molar-refractivity contribution >= 4 is 29.2 Å².